The summed E-state index contributed by atoms with van der Waals surface area (Å²) in [5.41, 5.74) is 3.19. The van der Waals surface area contributed by atoms with E-state index in [1.54, 1.807) is 0 Å². The van der Waals surface area contributed by atoms with Crippen LogP contribution >= 0.6 is 0 Å². The Morgan fingerprint density at radius 2 is 1.79 bits per heavy atom. The van der Waals surface area contributed by atoms with Crippen LogP contribution in [0.5, 0.6) is 0 Å². The average Bonchev–Trinajstić information content (AvgIpc) is 2.87. The fourth-order valence-corrected chi connectivity index (χ4v) is 5.46. The van der Waals surface area contributed by atoms with Crippen LogP contribution in [-0.4, -0.2) is 43.4 Å². The van der Waals surface area contributed by atoms with Gasteiger partial charge in [0.05, 0.1) is 5.41 Å². The third-order valence-electron chi connectivity index (χ3n) is 7.37. The van der Waals surface area contributed by atoms with Crippen LogP contribution < -0.4 is 4.90 Å². The molecule has 4 rings (SSSR count). The lowest BCUT2D eigenvalue weighted by Gasteiger charge is -2.28. The molecule has 3 heteroatoms. The van der Waals surface area contributed by atoms with Gasteiger partial charge in [-0.05, 0) is 61.7 Å². The number of benzene rings is 2. The Kier molecular flexibility index (Phi) is 5.70. The number of carbonyl (C=O) groups excluding carboxylic acids is 1. The number of Topliss-reactive ketones (excluding diaryl/α,β-unsaturated/α-hetero) is 1. The van der Waals surface area contributed by atoms with Crippen molar-refractivity contribution in [2.75, 3.05) is 37.6 Å². The zero-order valence-corrected chi connectivity index (χ0v) is 18.6. The summed E-state index contributed by atoms with van der Waals surface area (Å²) in [7, 11) is 0. The van der Waals surface area contributed by atoms with Gasteiger partial charge >= 0.3 is 0 Å². The fourth-order valence-electron chi connectivity index (χ4n) is 5.46. The molecule has 1 fully saturated rings. The standard InChI is InChI=1S/C26H36N2O/c1-5-26(6-2)22-11-12-23(20-9-7-10-21(24(20)22)25(26)29)28-15-8-14-27(17-18-28)16-13-19(3)4/h7,9-12,19H,5-6,8,13-18H2,1-4H3. The van der Waals surface area contributed by atoms with Crippen molar-refractivity contribution >= 4 is 22.2 Å². The van der Waals surface area contributed by atoms with Gasteiger partial charge in [0.2, 0.25) is 0 Å². The predicted molar refractivity (Wildman–Crippen MR) is 123 cm³/mol. The van der Waals surface area contributed by atoms with Gasteiger partial charge in [-0.3, -0.25) is 4.79 Å². The molecule has 156 valence electrons. The number of carbonyl (C=O) groups is 1. The normalized spacial score (nSPS) is 19.3. The molecule has 0 spiro atoms. The topological polar surface area (TPSA) is 23.6 Å². The minimum absolute atomic E-state index is 0.326. The average molecular weight is 393 g/mol. The first kappa shape index (κ1) is 20.4. The molecule has 2 aromatic rings. The van der Waals surface area contributed by atoms with Crippen LogP contribution in [0.2, 0.25) is 0 Å². The summed E-state index contributed by atoms with van der Waals surface area (Å²) >= 11 is 0. The maximum Gasteiger partial charge on any atom is 0.174 e. The highest BCUT2D eigenvalue weighted by atomic mass is 16.1. The van der Waals surface area contributed by atoms with Gasteiger partial charge in [0.15, 0.2) is 5.78 Å². The van der Waals surface area contributed by atoms with E-state index in [2.05, 4.69) is 61.8 Å². The molecule has 0 bridgehead atoms. The van der Waals surface area contributed by atoms with Crippen LogP contribution in [0.1, 0.15) is 69.3 Å². The van der Waals surface area contributed by atoms with Crippen molar-refractivity contribution in [3.63, 3.8) is 0 Å². The highest BCUT2D eigenvalue weighted by molar-refractivity contribution is 6.22. The summed E-state index contributed by atoms with van der Waals surface area (Å²) in [6, 6.07) is 10.9. The van der Waals surface area contributed by atoms with Gasteiger partial charge in [-0.15, -0.1) is 0 Å². The lowest BCUT2D eigenvalue weighted by Crippen LogP contribution is -2.32. The maximum absolute atomic E-state index is 13.4. The van der Waals surface area contributed by atoms with E-state index in [1.165, 1.54) is 48.0 Å². The summed E-state index contributed by atoms with van der Waals surface area (Å²) in [6.07, 6.45) is 4.23. The minimum Gasteiger partial charge on any atom is -0.370 e. The molecule has 0 unspecified atom stereocenters. The molecule has 1 aliphatic heterocycles. The van der Waals surface area contributed by atoms with E-state index in [0.29, 0.717) is 5.78 Å². The lowest BCUT2D eigenvalue weighted by atomic mass is 9.75. The van der Waals surface area contributed by atoms with Crippen LogP contribution in [0.4, 0.5) is 5.69 Å². The van der Waals surface area contributed by atoms with E-state index in [9.17, 15) is 4.79 Å². The Morgan fingerprint density at radius 3 is 2.52 bits per heavy atom. The monoisotopic (exact) mass is 392 g/mol. The zero-order valence-electron chi connectivity index (χ0n) is 18.6. The number of nitrogens with zero attached hydrogens (tertiary/aromatic N) is 2. The molecule has 2 aromatic carbocycles. The smallest absolute Gasteiger partial charge is 0.174 e. The predicted octanol–water partition coefficient (Wildman–Crippen LogP) is 5.65. The van der Waals surface area contributed by atoms with Gasteiger partial charge < -0.3 is 9.80 Å². The van der Waals surface area contributed by atoms with Crippen LogP contribution in [0.15, 0.2) is 30.3 Å². The second kappa shape index (κ2) is 8.10. The zero-order chi connectivity index (χ0) is 20.6. The molecule has 29 heavy (non-hydrogen) atoms. The molecule has 0 N–H and O–H groups in total. The van der Waals surface area contributed by atoms with Gasteiger partial charge in [-0.2, -0.15) is 0 Å². The Balaban J connectivity index is 1.67. The SMILES string of the molecule is CCC1(CC)C(=O)c2cccc3c(N4CCCN(CCC(C)C)CC4)ccc1c23. The number of ketones is 1. The number of rotatable bonds is 6. The summed E-state index contributed by atoms with van der Waals surface area (Å²) in [5.74, 6) is 1.09. The van der Waals surface area contributed by atoms with Crippen LogP contribution in [0.25, 0.3) is 10.8 Å². The highest BCUT2D eigenvalue weighted by Crippen LogP contribution is 2.48. The molecule has 2 aliphatic rings. The van der Waals surface area contributed by atoms with E-state index in [-0.39, 0.29) is 5.41 Å². The second-order valence-corrected chi connectivity index (χ2v) is 9.34. The summed E-state index contributed by atoms with van der Waals surface area (Å²) in [5, 5.41) is 2.49. The molecule has 0 aromatic heterocycles. The first-order chi connectivity index (χ1) is 14.0. The van der Waals surface area contributed by atoms with Crippen molar-refractivity contribution in [2.45, 2.75) is 58.8 Å². The van der Waals surface area contributed by atoms with E-state index in [4.69, 9.17) is 0 Å². The third-order valence-corrected chi connectivity index (χ3v) is 7.37. The molecule has 3 nitrogen and oxygen atoms in total. The van der Waals surface area contributed by atoms with Gasteiger partial charge in [0, 0.05) is 36.3 Å². The minimum atomic E-state index is -0.326. The molecule has 0 saturated carbocycles. The van der Waals surface area contributed by atoms with E-state index in [0.717, 1.165) is 44.0 Å². The van der Waals surface area contributed by atoms with Gasteiger partial charge in [-0.25, -0.2) is 0 Å². The first-order valence-electron chi connectivity index (χ1n) is 11.6. The largest absolute Gasteiger partial charge is 0.370 e. The molecule has 0 amide bonds. The molecule has 1 saturated heterocycles. The molecule has 0 radical (unpaired) electrons. The Hall–Kier alpha value is -1.87. The molecule has 1 heterocycles. The molecular weight excluding hydrogens is 356 g/mol. The Morgan fingerprint density at radius 1 is 1.00 bits per heavy atom. The Labute approximate surface area is 176 Å². The van der Waals surface area contributed by atoms with Crippen molar-refractivity contribution in [3.05, 3.63) is 41.5 Å². The number of hydrogen-bond acceptors (Lipinski definition) is 3. The van der Waals surface area contributed by atoms with E-state index >= 15 is 0 Å². The summed E-state index contributed by atoms with van der Waals surface area (Å²) in [4.78, 5) is 18.5. The third kappa shape index (κ3) is 3.38. The quantitative estimate of drug-likeness (QED) is 0.634. The highest BCUT2D eigenvalue weighted by Gasteiger charge is 2.44. The number of hydrogen-bond donors (Lipinski definition) is 0. The van der Waals surface area contributed by atoms with Crippen LogP contribution in [-0.2, 0) is 5.41 Å². The Bertz CT molecular complexity index is 897. The van der Waals surface area contributed by atoms with Crippen molar-refractivity contribution < 1.29 is 4.79 Å². The summed E-state index contributed by atoms with van der Waals surface area (Å²) in [6.45, 7) is 14.6. The molecular formula is C26H36N2O. The summed E-state index contributed by atoms with van der Waals surface area (Å²) < 4.78 is 0. The second-order valence-electron chi connectivity index (χ2n) is 9.34. The fraction of sp³-hybridized carbons (Fsp3) is 0.577. The van der Waals surface area contributed by atoms with Crippen molar-refractivity contribution in [1.82, 2.24) is 4.90 Å². The maximum atomic E-state index is 13.4. The molecule has 0 atom stereocenters. The van der Waals surface area contributed by atoms with E-state index < -0.39 is 0 Å². The van der Waals surface area contributed by atoms with Crippen LogP contribution in [0.3, 0.4) is 0 Å². The number of anilines is 1. The first-order valence-corrected chi connectivity index (χ1v) is 11.6. The van der Waals surface area contributed by atoms with Gasteiger partial charge in [0.25, 0.3) is 0 Å². The van der Waals surface area contributed by atoms with Gasteiger partial charge in [0.1, 0.15) is 0 Å². The molecule has 1 aliphatic carbocycles. The van der Waals surface area contributed by atoms with Crippen molar-refractivity contribution in [2.24, 2.45) is 5.92 Å². The van der Waals surface area contributed by atoms with Gasteiger partial charge in [-0.1, -0.05) is 52.0 Å². The van der Waals surface area contributed by atoms with Crippen molar-refractivity contribution in [3.8, 4) is 0 Å². The van der Waals surface area contributed by atoms with Crippen LogP contribution in [0, 0.1) is 5.92 Å². The lowest BCUT2D eigenvalue weighted by molar-refractivity contribution is 0.0886. The van der Waals surface area contributed by atoms with E-state index in [1.807, 2.05) is 6.07 Å². The van der Waals surface area contributed by atoms with Crippen molar-refractivity contribution in [1.29, 1.82) is 0 Å².